The van der Waals surface area contributed by atoms with Gasteiger partial charge in [-0.15, -0.1) is 0 Å². The molecule has 9 heteroatoms. The lowest BCUT2D eigenvalue weighted by molar-refractivity contribution is 0.599. The summed E-state index contributed by atoms with van der Waals surface area (Å²) in [6.07, 6.45) is 0.800. The minimum absolute atomic E-state index is 0.196. The highest BCUT2D eigenvalue weighted by atomic mass is 32.2. The standard InChI is InChI=1S/C12H18N6O2S/c1-7-11(8(2)15-14-7)21(19,20)17-12-9-6-13-5-4-10(9)16-18(12)3/h13,17H,4-6H2,1-3H3,(H,14,15). The molecule has 0 unspecified atom stereocenters. The third kappa shape index (κ3) is 2.32. The number of nitrogens with zero attached hydrogens (tertiary/aromatic N) is 3. The van der Waals surface area contributed by atoms with Crippen LogP contribution in [0.4, 0.5) is 5.82 Å². The summed E-state index contributed by atoms with van der Waals surface area (Å²) in [5, 5.41) is 14.3. The number of aryl methyl sites for hydroxylation is 3. The first-order valence-electron chi connectivity index (χ1n) is 6.70. The normalized spacial score (nSPS) is 15.0. The molecule has 0 amide bonds. The second-order valence-electron chi connectivity index (χ2n) is 5.19. The molecule has 114 valence electrons. The zero-order chi connectivity index (χ0) is 15.2. The van der Waals surface area contributed by atoms with E-state index in [9.17, 15) is 8.42 Å². The number of nitrogens with one attached hydrogen (secondary N) is 3. The van der Waals surface area contributed by atoms with Gasteiger partial charge in [-0.25, -0.2) is 8.42 Å². The molecule has 0 aliphatic carbocycles. The largest absolute Gasteiger partial charge is 0.312 e. The van der Waals surface area contributed by atoms with Crippen LogP contribution in [-0.2, 0) is 30.0 Å². The molecule has 1 aliphatic rings. The topological polar surface area (TPSA) is 105 Å². The molecule has 3 heterocycles. The second-order valence-corrected chi connectivity index (χ2v) is 6.81. The van der Waals surface area contributed by atoms with Crippen molar-refractivity contribution in [2.75, 3.05) is 11.3 Å². The van der Waals surface area contributed by atoms with E-state index in [-0.39, 0.29) is 4.90 Å². The molecule has 0 bridgehead atoms. The quantitative estimate of drug-likeness (QED) is 0.751. The number of anilines is 1. The van der Waals surface area contributed by atoms with Gasteiger partial charge in [0.05, 0.1) is 17.1 Å². The molecule has 0 fully saturated rings. The maximum Gasteiger partial charge on any atom is 0.266 e. The van der Waals surface area contributed by atoms with E-state index in [4.69, 9.17) is 0 Å². The van der Waals surface area contributed by atoms with Crippen LogP contribution in [0.3, 0.4) is 0 Å². The molecule has 3 N–H and O–H groups in total. The van der Waals surface area contributed by atoms with Gasteiger partial charge in [0, 0.05) is 32.1 Å². The minimum atomic E-state index is -3.69. The summed E-state index contributed by atoms with van der Waals surface area (Å²) in [4.78, 5) is 0.196. The van der Waals surface area contributed by atoms with Gasteiger partial charge in [-0.05, 0) is 13.8 Å². The van der Waals surface area contributed by atoms with Crippen molar-refractivity contribution in [3.63, 3.8) is 0 Å². The molecule has 21 heavy (non-hydrogen) atoms. The Morgan fingerprint density at radius 3 is 2.76 bits per heavy atom. The smallest absolute Gasteiger partial charge is 0.266 e. The molecular formula is C12H18N6O2S. The number of aromatic amines is 1. The molecule has 0 saturated carbocycles. The molecule has 2 aromatic rings. The predicted octanol–water partition coefficient (Wildman–Crippen LogP) is 0.207. The Kier molecular flexibility index (Phi) is 3.25. The first-order valence-corrected chi connectivity index (χ1v) is 8.18. The van der Waals surface area contributed by atoms with Gasteiger partial charge in [0.2, 0.25) is 0 Å². The third-order valence-corrected chi connectivity index (χ3v) is 5.23. The van der Waals surface area contributed by atoms with Crippen molar-refractivity contribution in [1.29, 1.82) is 0 Å². The summed E-state index contributed by atoms with van der Waals surface area (Å²) in [6, 6.07) is 0. The molecule has 0 atom stereocenters. The highest BCUT2D eigenvalue weighted by Crippen LogP contribution is 2.26. The van der Waals surface area contributed by atoms with Crippen molar-refractivity contribution in [2.24, 2.45) is 7.05 Å². The van der Waals surface area contributed by atoms with Crippen LogP contribution in [-0.4, -0.2) is 34.9 Å². The van der Waals surface area contributed by atoms with E-state index in [1.165, 1.54) is 0 Å². The number of fused-ring (bicyclic) bond motifs is 1. The summed E-state index contributed by atoms with van der Waals surface area (Å²) in [5.74, 6) is 0.511. The fourth-order valence-corrected chi connectivity index (χ4v) is 4.17. The molecular weight excluding hydrogens is 292 g/mol. The Bertz CT molecular complexity index is 770. The van der Waals surface area contributed by atoms with Gasteiger partial charge >= 0.3 is 0 Å². The van der Waals surface area contributed by atoms with Gasteiger partial charge in [0.25, 0.3) is 10.0 Å². The van der Waals surface area contributed by atoms with Crippen LogP contribution in [0.5, 0.6) is 0 Å². The number of rotatable bonds is 3. The van der Waals surface area contributed by atoms with Gasteiger partial charge < -0.3 is 5.32 Å². The van der Waals surface area contributed by atoms with Crippen molar-refractivity contribution in [3.05, 3.63) is 22.6 Å². The summed E-state index contributed by atoms with van der Waals surface area (Å²) in [7, 11) is -1.95. The summed E-state index contributed by atoms with van der Waals surface area (Å²) in [5.41, 5.74) is 2.82. The van der Waals surface area contributed by atoms with E-state index in [1.807, 2.05) is 0 Å². The Morgan fingerprint density at radius 2 is 2.10 bits per heavy atom. The van der Waals surface area contributed by atoms with Gasteiger partial charge in [-0.1, -0.05) is 0 Å². The van der Waals surface area contributed by atoms with Crippen LogP contribution in [0.25, 0.3) is 0 Å². The Hall–Kier alpha value is -1.87. The van der Waals surface area contributed by atoms with Crippen molar-refractivity contribution in [1.82, 2.24) is 25.3 Å². The number of H-pyrrole nitrogens is 1. The fourth-order valence-electron chi connectivity index (χ4n) is 2.67. The maximum absolute atomic E-state index is 12.6. The molecule has 0 aromatic carbocycles. The van der Waals surface area contributed by atoms with Crippen LogP contribution in [0.1, 0.15) is 22.6 Å². The van der Waals surface area contributed by atoms with Gasteiger partial charge in [-0.2, -0.15) is 10.2 Å². The minimum Gasteiger partial charge on any atom is -0.312 e. The third-order valence-electron chi connectivity index (χ3n) is 3.63. The maximum atomic E-state index is 12.6. The summed E-state index contributed by atoms with van der Waals surface area (Å²) >= 11 is 0. The van der Waals surface area contributed by atoms with Gasteiger partial charge in [0.15, 0.2) is 0 Å². The number of hydrogen-bond acceptors (Lipinski definition) is 5. The second kappa shape index (κ2) is 4.85. The van der Waals surface area contributed by atoms with E-state index in [2.05, 4.69) is 25.3 Å². The highest BCUT2D eigenvalue weighted by molar-refractivity contribution is 7.92. The predicted molar refractivity (Wildman–Crippen MR) is 77.5 cm³/mol. The Balaban J connectivity index is 2.03. The van der Waals surface area contributed by atoms with Crippen LogP contribution in [0.15, 0.2) is 4.90 Å². The molecule has 2 aromatic heterocycles. The lowest BCUT2D eigenvalue weighted by Gasteiger charge is -2.14. The average Bonchev–Trinajstić information content (AvgIpc) is 2.91. The van der Waals surface area contributed by atoms with E-state index < -0.39 is 10.0 Å². The van der Waals surface area contributed by atoms with Crippen molar-refractivity contribution in [2.45, 2.75) is 31.7 Å². The Morgan fingerprint density at radius 1 is 1.33 bits per heavy atom. The molecule has 0 spiro atoms. The van der Waals surface area contributed by atoms with Crippen LogP contribution in [0.2, 0.25) is 0 Å². The van der Waals surface area contributed by atoms with Gasteiger partial charge in [-0.3, -0.25) is 14.5 Å². The lowest BCUT2D eigenvalue weighted by Crippen LogP contribution is -2.24. The van der Waals surface area contributed by atoms with E-state index in [0.29, 0.717) is 23.8 Å². The van der Waals surface area contributed by atoms with Gasteiger partial charge in [0.1, 0.15) is 10.7 Å². The van der Waals surface area contributed by atoms with Crippen LogP contribution < -0.4 is 10.0 Å². The number of hydrogen-bond donors (Lipinski definition) is 3. The van der Waals surface area contributed by atoms with Crippen molar-refractivity contribution < 1.29 is 8.42 Å². The summed E-state index contributed by atoms with van der Waals surface area (Å²) in [6.45, 7) is 4.83. The monoisotopic (exact) mass is 310 g/mol. The van der Waals surface area contributed by atoms with Crippen molar-refractivity contribution >= 4 is 15.8 Å². The van der Waals surface area contributed by atoms with E-state index in [1.54, 1.807) is 25.6 Å². The lowest BCUT2D eigenvalue weighted by atomic mass is 10.1. The Labute approximate surface area is 123 Å². The zero-order valence-electron chi connectivity index (χ0n) is 12.2. The zero-order valence-corrected chi connectivity index (χ0v) is 13.0. The van der Waals surface area contributed by atoms with Crippen LogP contribution >= 0.6 is 0 Å². The van der Waals surface area contributed by atoms with Crippen molar-refractivity contribution in [3.8, 4) is 0 Å². The molecule has 3 rings (SSSR count). The molecule has 8 nitrogen and oxygen atoms in total. The highest BCUT2D eigenvalue weighted by Gasteiger charge is 2.27. The fraction of sp³-hybridized carbons (Fsp3) is 0.500. The average molecular weight is 310 g/mol. The first kappa shape index (κ1) is 14.1. The van der Waals surface area contributed by atoms with E-state index in [0.717, 1.165) is 24.2 Å². The molecule has 1 aliphatic heterocycles. The number of aromatic nitrogens is 4. The number of sulfonamides is 1. The summed E-state index contributed by atoms with van der Waals surface area (Å²) < 4.78 is 29.5. The molecule has 0 saturated heterocycles. The SMILES string of the molecule is Cc1n[nH]c(C)c1S(=O)(=O)Nc1c2c(nn1C)CCNC2. The molecule has 0 radical (unpaired) electrons. The van der Waals surface area contributed by atoms with E-state index >= 15 is 0 Å². The van der Waals surface area contributed by atoms with Crippen LogP contribution in [0, 0.1) is 13.8 Å². The first-order chi connectivity index (χ1) is 9.90.